The molecule has 6 heteroatoms. The zero-order valence-electron chi connectivity index (χ0n) is 16.4. The number of nitrogens with one attached hydrogen (secondary N) is 1. The maximum atomic E-state index is 12.6. The molecule has 1 amide bonds. The van der Waals surface area contributed by atoms with Gasteiger partial charge < -0.3 is 15.0 Å². The van der Waals surface area contributed by atoms with E-state index >= 15 is 0 Å². The van der Waals surface area contributed by atoms with E-state index < -0.39 is 0 Å². The van der Waals surface area contributed by atoms with Crippen molar-refractivity contribution in [2.45, 2.75) is 38.7 Å². The summed E-state index contributed by atoms with van der Waals surface area (Å²) >= 11 is 0. The highest BCUT2D eigenvalue weighted by atomic mass is 16.5. The first kappa shape index (κ1) is 18.9. The third-order valence-electron chi connectivity index (χ3n) is 5.72. The third-order valence-corrected chi connectivity index (χ3v) is 5.72. The summed E-state index contributed by atoms with van der Waals surface area (Å²) in [6.45, 7) is 5.12. The number of carbonyl (C=O) groups excluding carboxylic acids is 1. The largest absolute Gasteiger partial charge is 0.376 e. The van der Waals surface area contributed by atoms with E-state index in [1.165, 1.54) is 5.56 Å². The number of aromatic nitrogens is 2. The fourth-order valence-electron chi connectivity index (χ4n) is 4.06. The molecule has 0 radical (unpaired) electrons. The number of anilines is 1. The van der Waals surface area contributed by atoms with Gasteiger partial charge in [-0.2, -0.15) is 0 Å². The summed E-state index contributed by atoms with van der Waals surface area (Å²) in [6.07, 6.45) is 4.22. The minimum absolute atomic E-state index is 0.00648. The van der Waals surface area contributed by atoms with Gasteiger partial charge in [0.1, 0.15) is 0 Å². The first-order valence-electron chi connectivity index (χ1n) is 10.2. The smallest absolute Gasteiger partial charge is 0.224 e. The third kappa shape index (κ3) is 4.33. The first-order chi connectivity index (χ1) is 13.7. The van der Waals surface area contributed by atoms with Crippen molar-refractivity contribution < 1.29 is 9.53 Å². The maximum Gasteiger partial charge on any atom is 0.224 e. The second-order valence-corrected chi connectivity index (χ2v) is 7.76. The predicted molar refractivity (Wildman–Crippen MR) is 109 cm³/mol. The lowest BCUT2D eigenvalue weighted by molar-refractivity contribution is -0.125. The molecule has 0 bridgehead atoms. The second-order valence-electron chi connectivity index (χ2n) is 7.76. The van der Waals surface area contributed by atoms with Crippen LogP contribution >= 0.6 is 0 Å². The van der Waals surface area contributed by atoms with E-state index in [4.69, 9.17) is 4.74 Å². The molecule has 1 aromatic carbocycles. The Kier molecular flexibility index (Phi) is 5.86. The average Bonchev–Trinajstić information content (AvgIpc) is 3.26. The number of piperidine rings is 1. The molecule has 0 aliphatic carbocycles. The molecular formula is C22H28N4O2. The summed E-state index contributed by atoms with van der Waals surface area (Å²) in [5.41, 5.74) is 3.17. The van der Waals surface area contributed by atoms with Crippen LogP contribution in [0.1, 0.15) is 31.2 Å². The zero-order valence-corrected chi connectivity index (χ0v) is 16.4. The highest BCUT2D eigenvalue weighted by Gasteiger charge is 2.27. The van der Waals surface area contributed by atoms with Crippen LogP contribution in [0.2, 0.25) is 0 Å². The molecule has 3 heterocycles. The lowest BCUT2D eigenvalue weighted by Crippen LogP contribution is -2.45. The van der Waals surface area contributed by atoms with Crippen molar-refractivity contribution in [2.24, 2.45) is 5.92 Å². The molecule has 2 atom stereocenters. The molecule has 4 rings (SSSR count). The Hall–Kier alpha value is -2.47. The minimum Gasteiger partial charge on any atom is -0.376 e. The van der Waals surface area contributed by atoms with Crippen molar-refractivity contribution in [1.82, 2.24) is 15.5 Å². The molecule has 2 aliphatic heterocycles. The lowest BCUT2D eigenvalue weighted by atomic mass is 9.97. The van der Waals surface area contributed by atoms with Gasteiger partial charge in [-0.3, -0.25) is 4.79 Å². The maximum absolute atomic E-state index is 12.6. The summed E-state index contributed by atoms with van der Waals surface area (Å²) in [5.74, 6) is 0.964. The Labute approximate surface area is 166 Å². The summed E-state index contributed by atoms with van der Waals surface area (Å²) in [7, 11) is 0. The van der Waals surface area contributed by atoms with E-state index in [2.05, 4.69) is 39.5 Å². The summed E-state index contributed by atoms with van der Waals surface area (Å²) < 4.78 is 5.59. The Morgan fingerprint density at radius 1 is 1.18 bits per heavy atom. The van der Waals surface area contributed by atoms with Crippen molar-refractivity contribution in [3.8, 4) is 11.3 Å². The van der Waals surface area contributed by atoms with Crippen LogP contribution in [-0.4, -0.2) is 48.4 Å². The first-order valence-corrected chi connectivity index (χ1v) is 10.2. The van der Waals surface area contributed by atoms with Crippen LogP contribution < -0.4 is 10.2 Å². The topological polar surface area (TPSA) is 67.4 Å². The SMILES string of the molecule is Cc1ccccc1-c1ccc(N2CCCC(C(=O)NCC3CCCO3)C2)nn1. The molecular weight excluding hydrogens is 352 g/mol. The Morgan fingerprint density at radius 2 is 2.07 bits per heavy atom. The molecule has 2 saturated heterocycles. The standard InChI is InChI=1S/C22H28N4O2/c1-16-6-2-3-9-19(16)20-10-11-21(25-24-20)26-12-4-7-17(15-26)22(27)23-14-18-8-5-13-28-18/h2-3,6,9-11,17-18H,4-5,7-8,12-15H2,1H3,(H,23,27). The van der Waals surface area contributed by atoms with Crippen LogP contribution in [0.4, 0.5) is 5.82 Å². The minimum atomic E-state index is -0.00648. The molecule has 2 aromatic rings. The highest BCUT2D eigenvalue weighted by molar-refractivity contribution is 5.79. The number of benzene rings is 1. The molecule has 1 N–H and O–H groups in total. The average molecular weight is 380 g/mol. The number of ether oxygens (including phenoxy) is 1. The monoisotopic (exact) mass is 380 g/mol. The number of nitrogens with zero attached hydrogens (tertiary/aromatic N) is 3. The fraction of sp³-hybridized carbons (Fsp3) is 0.500. The molecule has 6 nitrogen and oxygen atoms in total. The van der Waals surface area contributed by atoms with Gasteiger partial charge in [0, 0.05) is 31.8 Å². The fourth-order valence-corrected chi connectivity index (χ4v) is 4.06. The molecule has 2 fully saturated rings. The van der Waals surface area contributed by atoms with Crippen LogP contribution in [0.15, 0.2) is 36.4 Å². The van der Waals surface area contributed by atoms with Gasteiger partial charge in [0.15, 0.2) is 5.82 Å². The Bertz CT molecular complexity index is 802. The predicted octanol–water partition coefficient (Wildman–Crippen LogP) is 2.96. The second kappa shape index (κ2) is 8.69. The molecule has 2 aliphatic rings. The van der Waals surface area contributed by atoms with Gasteiger partial charge in [-0.15, -0.1) is 10.2 Å². The van der Waals surface area contributed by atoms with Gasteiger partial charge in [0.05, 0.1) is 17.7 Å². The zero-order chi connectivity index (χ0) is 19.3. The molecule has 148 valence electrons. The highest BCUT2D eigenvalue weighted by Crippen LogP contribution is 2.25. The summed E-state index contributed by atoms with van der Waals surface area (Å²) in [5, 5.41) is 12.0. The van der Waals surface area contributed by atoms with E-state index in [0.29, 0.717) is 13.1 Å². The van der Waals surface area contributed by atoms with Crippen molar-refractivity contribution in [3.63, 3.8) is 0 Å². The van der Waals surface area contributed by atoms with Gasteiger partial charge in [0.25, 0.3) is 0 Å². The Morgan fingerprint density at radius 3 is 2.82 bits per heavy atom. The lowest BCUT2D eigenvalue weighted by Gasteiger charge is -2.32. The van der Waals surface area contributed by atoms with E-state index in [1.54, 1.807) is 0 Å². The van der Waals surface area contributed by atoms with E-state index in [1.807, 2.05) is 24.3 Å². The van der Waals surface area contributed by atoms with Gasteiger partial charge in [-0.1, -0.05) is 24.3 Å². The number of amides is 1. The van der Waals surface area contributed by atoms with Crippen LogP contribution in [0.5, 0.6) is 0 Å². The van der Waals surface area contributed by atoms with Crippen LogP contribution in [0, 0.1) is 12.8 Å². The molecule has 0 saturated carbocycles. The van der Waals surface area contributed by atoms with E-state index in [9.17, 15) is 4.79 Å². The number of hydrogen-bond donors (Lipinski definition) is 1. The number of aryl methyl sites for hydroxylation is 1. The van der Waals surface area contributed by atoms with Crippen molar-refractivity contribution in [2.75, 3.05) is 31.1 Å². The number of hydrogen-bond acceptors (Lipinski definition) is 5. The van der Waals surface area contributed by atoms with E-state index in [0.717, 1.165) is 55.9 Å². The molecule has 28 heavy (non-hydrogen) atoms. The number of carbonyl (C=O) groups is 1. The van der Waals surface area contributed by atoms with Crippen molar-refractivity contribution >= 4 is 11.7 Å². The van der Waals surface area contributed by atoms with Gasteiger partial charge in [-0.25, -0.2) is 0 Å². The van der Waals surface area contributed by atoms with Crippen molar-refractivity contribution in [1.29, 1.82) is 0 Å². The summed E-state index contributed by atoms with van der Waals surface area (Å²) in [4.78, 5) is 14.8. The number of rotatable bonds is 5. The normalized spacial score (nSPS) is 22.2. The molecule has 1 aromatic heterocycles. The van der Waals surface area contributed by atoms with Crippen LogP contribution in [-0.2, 0) is 9.53 Å². The van der Waals surface area contributed by atoms with Gasteiger partial charge in [0.2, 0.25) is 5.91 Å². The van der Waals surface area contributed by atoms with Crippen molar-refractivity contribution in [3.05, 3.63) is 42.0 Å². The van der Waals surface area contributed by atoms with Crippen LogP contribution in [0.25, 0.3) is 11.3 Å². The molecule has 2 unspecified atom stereocenters. The van der Waals surface area contributed by atoms with Crippen LogP contribution in [0.3, 0.4) is 0 Å². The quantitative estimate of drug-likeness (QED) is 0.864. The molecule has 0 spiro atoms. The van der Waals surface area contributed by atoms with E-state index in [-0.39, 0.29) is 17.9 Å². The Balaban J connectivity index is 1.37. The van der Waals surface area contributed by atoms with Gasteiger partial charge in [-0.05, 0) is 50.3 Å². The van der Waals surface area contributed by atoms with Gasteiger partial charge >= 0.3 is 0 Å². The summed E-state index contributed by atoms with van der Waals surface area (Å²) in [6, 6.07) is 12.2.